The van der Waals surface area contributed by atoms with E-state index in [1.54, 1.807) is 0 Å². The van der Waals surface area contributed by atoms with Crippen molar-refractivity contribution in [1.29, 1.82) is 0 Å². The molecule has 0 bridgehead atoms. The number of aromatic nitrogens is 1. The highest BCUT2D eigenvalue weighted by Gasteiger charge is 2.33. The van der Waals surface area contributed by atoms with Crippen molar-refractivity contribution in [2.75, 3.05) is 5.32 Å². The molecule has 3 heterocycles. The van der Waals surface area contributed by atoms with Crippen LogP contribution in [0.5, 0.6) is 11.5 Å². The maximum atomic E-state index is 6.34. The fourth-order valence-corrected chi connectivity index (χ4v) is 8.16. The Hall–Kier alpha value is -6.13. The van der Waals surface area contributed by atoms with Crippen LogP contribution >= 0.6 is 0 Å². The highest BCUT2D eigenvalue weighted by molar-refractivity contribution is 6.42. The predicted molar refractivity (Wildman–Crippen MR) is 191 cm³/mol. The Bertz CT molecular complexity index is 2820. The van der Waals surface area contributed by atoms with Gasteiger partial charge in [-0.15, -0.1) is 0 Å². The van der Waals surface area contributed by atoms with Gasteiger partial charge in [-0.2, -0.15) is 0 Å². The number of hydrogen-bond acceptors (Lipinski definition) is 3. The molecule has 0 saturated carbocycles. The van der Waals surface area contributed by atoms with Gasteiger partial charge in [0.05, 0.1) is 28.0 Å². The molecule has 0 aliphatic carbocycles. The number of benzene rings is 8. The zero-order valence-electron chi connectivity index (χ0n) is 24.7. The third-order valence-corrected chi connectivity index (χ3v) is 9.95. The minimum absolute atomic E-state index is 0.376. The van der Waals surface area contributed by atoms with Gasteiger partial charge in [-0.3, -0.25) is 0 Å². The molecule has 4 nitrogen and oxygen atoms in total. The fraction of sp³-hybridized carbons (Fsp3) is 0.0238. The van der Waals surface area contributed by atoms with E-state index in [1.165, 1.54) is 59.4 Å². The molecule has 2 aliphatic rings. The number of hydrogen-bond donors (Lipinski definition) is 1. The van der Waals surface area contributed by atoms with Gasteiger partial charge in [0.2, 0.25) is 6.29 Å². The Labute approximate surface area is 263 Å². The minimum Gasteiger partial charge on any atom is -0.456 e. The topological polar surface area (TPSA) is 38.5 Å². The smallest absolute Gasteiger partial charge is 0.201 e. The Balaban J connectivity index is 1.36. The number of fused-ring (bicyclic) bond motifs is 15. The Morgan fingerprint density at radius 1 is 0.500 bits per heavy atom. The average Bonchev–Trinajstić information content (AvgIpc) is 3.47. The van der Waals surface area contributed by atoms with Crippen molar-refractivity contribution < 1.29 is 4.74 Å². The van der Waals surface area contributed by atoms with Gasteiger partial charge in [0.1, 0.15) is 11.5 Å². The summed E-state index contributed by atoms with van der Waals surface area (Å²) in [7, 11) is 0. The number of para-hydroxylation sites is 2. The molecule has 1 unspecified atom stereocenters. The van der Waals surface area contributed by atoms with Crippen LogP contribution in [0.1, 0.15) is 17.4 Å². The zero-order chi connectivity index (χ0) is 29.9. The molecule has 11 rings (SSSR count). The van der Waals surface area contributed by atoms with Gasteiger partial charge in [0.15, 0.2) is 0 Å². The van der Waals surface area contributed by atoms with E-state index in [0.29, 0.717) is 0 Å². The van der Waals surface area contributed by atoms with Crippen LogP contribution in [0.15, 0.2) is 145 Å². The Kier molecular flexibility index (Phi) is 4.60. The predicted octanol–water partition coefficient (Wildman–Crippen LogP) is 10.9. The lowest BCUT2D eigenvalue weighted by Crippen LogP contribution is -2.27. The molecule has 0 amide bonds. The van der Waals surface area contributed by atoms with E-state index in [-0.39, 0.29) is 6.29 Å². The van der Waals surface area contributed by atoms with Crippen LogP contribution in [0.25, 0.3) is 64.9 Å². The van der Waals surface area contributed by atoms with Crippen molar-refractivity contribution in [3.8, 4) is 11.5 Å². The lowest BCUT2D eigenvalue weighted by molar-refractivity contribution is 0.474. The van der Waals surface area contributed by atoms with E-state index in [0.717, 1.165) is 39.5 Å². The third-order valence-electron chi connectivity index (χ3n) is 9.95. The summed E-state index contributed by atoms with van der Waals surface area (Å²) in [6.07, 6.45) is -0.376. The number of nitrogens with zero attached hydrogens (tertiary/aromatic N) is 2. The Morgan fingerprint density at radius 2 is 1.09 bits per heavy atom. The van der Waals surface area contributed by atoms with Gasteiger partial charge >= 0.3 is 0 Å². The van der Waals surface area contributed by atoms with Crippen molar-refractivity contribution in [2.24, 2.45) is 4.99 Å². The number of aliphatic imine (C=N–C) groups is 1. The summed E-state index contributed by atoms with van der Waals surface area (Å²) < 4.78 is 8.77. The molecule has 0 fully saturated rings. The molecule has 1 atom stereocenters. The summed E-state index contributed by atoms with van der Waals surface area (Å²) in [5, 5.41) is 16.5. The molecule has 214 valence electrons. The monoisotopic (exact) mass is 587 g/mol. The molecule has 4 heteroatoms. The van der Waals surface area contributed by atoms with Gasteiger partial charge in [-0.05, 0) is 62.6 Å². The largest absolute Gasteiger partial charge is 0.456 e. The maximum absolute atomic E-state index is 6.34. The lowest BCUT2D eigenvalue weighted by Gasteiger charge is -2.32. The second-order valence-electron chi connectivity index (χ2n) is 12.3. The van der Waals surface area contributed by atoms with Crippen LogP contribution in [-0.2, 0) is 0 Å². The highest BCUT2D eigenvalue weighted by Crippen LogP contribution is 2.49. The minimum atomic E-state index is -0.376. The molecule has 1 aromatic heterocycles. The number of rotatable bonds is 1. The van der Waals surface area contributed by atoms with Crippen molar-refractivity contribution in [1.82, 2.24) is 4.57 Å². The number of nitrogens with one attached hydrogen (secondary N) is 1. The van der Waals surface area contributed by atoms with Crippen molar-refractivity contribution in [3.63, 3.8) is 0 Å². The summed E-state index contributed by atoms with van der Waals surface area (Å²) in [6, 6.07) is 49.9. The van der Waals surface area contributed by atoms with Crippen molar-refractivity contribution in [2.45, 2.75) is 6.29 Å². The van der Waals surface area contributed by atoms with Gasteiger partial charge < -0.3 is 14.6 Å². The molecule has 9 aromatic rings. The van der Waals surface area contributed by atoms with Crippen molar-refractivity contribution in [3.05, 3.63) is 151 Å². The Morgan fingerprint density at radius 3 is 1.87 bits per heavy atom. The first kappa shape index (κ1) is 24.2. The number of anilines is 1. The molecule has 0 radical (unpaired) electrons. The van der Waals surface area contributed by atoms with Gasteiger partial charge in [0.25, 0.3) is 0 Å². The summed E-state index contributed by atoms with van der Waals surface area (Å²) in [5.41, 5.74) is 6.35. The van der Waals surface area contributed by atoms with E-state index in [9.17, 15) is 0 Å². The highest BCUT2D eigenvalue weighted by atomic mass is 16.5. The van der Waals surface area contributed by atoms with Crippen LogP contribution in [0.4, 0.5) is 5.69 Å². The van der Waals surface area contributed by atoms with Crippen LogP contribution in [0, 0.1) is 0 Å². The summed E-state index contributed by atoms with van der Waals surface area (Å²) in [5.74, 6) is 1.67. The van der Waals surface area contributed by atoms with Crippen LogP contribution in [-0.4, -0.2) is 10.3 Å². The number of ether oxygens (including phenoxy) is 1. The van der Waals surface area contributed by atoms with Crippen LogP contribution in [0.3, 0.4) is 0 Å². The van der Waals surface area contributed by atoms with E-state index in [4.69, 9.17) is 9.73 Å². The van der Waals surface area contributed by atoms with E-state index in [2.05, 4.69) is 131 Å². The summed E-state index contributed by atoms with van der Waals surface area (Å²) >= 11 is 0. The quantitative estimate of drug-likeness (QED) is 0.194. The standard InChI is InChI=1S/C42H25N3O/c1-3-14-26-24(12-1)25-13-2-4-15-27(25)37-36(26)28-16-5-6-17-29(28)41-38(37)30-18-7-9-21-33(30)45(41)42-43-32-20-11-23-35-39(32)40(44-42)31-19-8-10-22-34(31)46-35/h1-23,42-43H. The van der Waals surface area contributed by atoms with E-state index < -0.39 is 0 Å². The van der Waals surface area contributed by atoms with Gasteiger partial charge in [-0.25, -0.2) is 4.99 Å². The van der Waals surface area contributed by atoms with Crippen LogP contribution in [0.2, 0.25) is 0 Å². The zero-order valence-corrected chi connectivity index (χ0v) is 24.7. The summed E-state index contributed by atoms with van der Waals surface area (Å²) in [6.45, 7) is 0. The normalized spacial score (nSPS) is 15.2. The molecule has 8 aromatic carbocycles. The molecular formula is C42H25N3O. The van der Waals surface area contributed by atoms with Gasteiger partial charge in [0, 0.05) is 27.1 Å². The van der Waals surface area contributed by atoms with E-state index in [1.807, 2.05) is 18.2 Å². The first-order chi connectivity index (χ1) is 22.8. The molecule has 0 saturated heterocycles. The molecular weight excluding hydrogens is 562 g/mol. The maximum Gasteiger partial charge on any atom is 0.201 e. The molecule has 2 aliphatic heterocycles. The second kappa shape index (κ2) is 8.74. The average molecular weight is 588 g/mol. The SMILES string of the molecule is c1ccc2c(c1)Oc1cccc3c1C2=NC(n1c2ccccc2c2c4c5ccccc5c5ccccc5c4c4ccccc4c21)N3. The molecule has 46 heavy (non-hydrogen) atoms. The summed E-state index contributed by atoms with van der Waals surface area (Å²) in [4.78, 5) is 5.53. The van der Waals surface area contributed by atoms with E-state index >= 15 is 0 Å². The molecule has 1 N–H and O–H groups in total. The lowest BCUT2D eigenvalue weighted by atomic mass is 9.88. The fourth-order valence-electron chi connectivity index (χ4n) is 8.16. The van der Waals surface area contributed by atoms with Gasteiger partial charge in [-0.1, -0.05) is 109 Å². The third kappa shape index (κ3) is 3.01. The molecule has 0 spiro atoms. The second-order valence-corrected chi connectivity index (χ2v) is 12.3. The van der Waals surface area contributed by atoms with Crippen molar-refractivity contribution >= 4 is 76.3 Å². The van der Waals surface area contributed by atoms with Crippen LogP contribution < -0.4 is 10.1 Å². The first-order valence-electron chi connectivity index (χ1n) is 15.8. The first-order valence-corrected chi connectivity index (χ1v) is 15.8.